The Morgan fingerprint density at radius 2 is 1.66 bits per heavy atom. The lowest BCUT2D eigenvalue weighted by atomic mass is 10.2. The molecule has 0 atom stereocenters. The molecule has 3 amide bonds. The van der Waals surface area contributed by atoms with Gasteiger partial charge < -0.3 is 24.8 Å². The third-order valence-electron chi connectivity index (χ3n) is 4.74. The summed E-state index contributed by atoms with van der Waals surface area (Å²) in [6.07, 6.45) is 1.31. The highest BCUT2D eigenvalue weighted by Crippen LogP contribution is 2.36. The van der Waals surface area contributed by atoms with Crippen molar-refractivity contribution in [2.45, 2.75) is 0 Å². The van der Waals surface area contributed by atoms with Crippen molar-refractivity contribution in [2.75, 3.05) is 31.5 Å². The van der Waals surface area contributed by atoms with Gasteiger partial charge in [-0.2, -0.15) is 5.10 Å². The summed E-state index contributed by atoms with van der Waals surface area (Å²) in [7, 11) is 2.87. The van der Waals surface area contributed by atoms with Gasteiger partial charge in [0.15, 0.2) is 18.1 Å². The van der Waals surface area contributed by atoms with Crippen LogP contribution in [0.5, 0.6) is 17.2 Å². The van der Waals surface area contributed by atoms with Crippen molar-refractivity contribution in [1.82, 2.24) is 5.43 Å². The first-order valence-electron chi connectivity index (χ1n) is 10.7. The molecule has 0 radical (unpaired) electrons. The number of nitrogens with one attached hydrogen (secondary N) is 3. The molecule has 0 aliphatic heterocycles. The van der Waals surface area contributed by atoms with Crippen molar-refractivity contribution in [1.29, 1.82) is 0 Å². The van der Waals surface area contributed by atoms with Gasteiger partial charge >= 0.3 is 11.8 Å². The van der Waals surface area contributed by atoms with Crippen LogP contribution in [-0.2, 0) is 14.4 Å². The van der Waals surface area contributed by atoms with Gasteiger partial charge in [0.25, 0.3) is 5.91 Å². The summed E-state index contributed by atoms with van der Waals surface area (Å²) < 4.78 is 16.6. The summed E-state index contributed by atoms with van der Waals surface area (Å²) in [6, 6.07) is 14.5. The maximum Gasteiger partial charge on any atom is 0.329 e. The minimum atomic E-state index is -0.980. The molecule has 13 heteroatoms. The number of ether oxygens (including phenoxy) is 3. The Morgan fingerprint density at radius 3 is 2.37 bits per heavy atom. The maximum absolute atomic E-state index is 12.3. The van der Waals surface area contributed by atoms with E-state index in [1.54, 1.807) is 48.5 Å². The topological polar surface area (TPSA) is 127 Å². The summed E-state index contributed by atoms with van der Waals surface area (Å²) in [5.74, 6) is -1.36. The summed E-state index contributed by atoms with van der Waals surface area (Å²) in [6.45, 7) is -0.319. The molecule has 3 aromatic carbocycles. The largest absolute Gasteiger partial charge is 0.495 e. The molecule has 0 unspecified atom stereocenters. The maximum atomic E-state index is 12.3. The van der Waals surface area contributed by atoms with Crippen LogP contribution in [0.2, 0.25) is 10.0 Å². The van der Waals surface area contributed by atoms with E-state index in [1.165, 1.54) is 26.5 Å². The van der Waals surface area contributed by atoms with Crippen molar-refractivity contribution >= 4 is 74.4 Å². The lowest BCUT2D eigenvalue weighted by Gasteiger charge is -2.13. The number of hydrazone groups is 1. The van der Waals surface area contributed by atoms with E-state index in [2.05, 4.69) is 37.1 Å². The molecule has 10 nitrogen and oxygen atoms in total. The second kappa shape index (κ2) is 13.7. The fraction of sp³-hybridized carbons (Fsp3) is 0.120. The molecule has 0 aromatic heterocycles. The number of benzene rings is 3. The van der Waals surface area contributed by atoms with Crippen molar-refractivity contribution in [2.24, 2.45) is 5.10 Å². The van der Waals surface area contributed by atoms with Crippen LogP contribution in [0.4, 0.5) is 11.4 Å². The number of nitrogens with zero attached hydrogens (tertiary/aromatic N) is 1. The van der Waals surface area contributed by atoms with Crippen LogP contribution < -0.4 is 30.3 Å². The number of hydrogen-bond acceptors (Lipinski definition) is 7. The van der Waals surface area contributed by atoms with E-state index in [-0.39, 0.29) is 12.4 Å². The van der Waals surface area contributed by atoms with Crippen LogP contribution in [0, 0.1) is 0 Å². The fourth-order valence-corrected chi connectivity index (χ4v) is 3.88. The molecule has 0 bridgehead atoms. The van der Waals surface area contributed by atoms with Gasteiger partial charge in [0.1, 0.15) is 5.75 Å². The van der Waals surface area contributed by atoms with Gasteiger partial charge in [0, 0.05) is 5.69 Å². The predicted octanol–water partition coefficient (Wildman–Crippen LogP) is 4.88. The second-order valence-electron chi connectivity index (χ2n) is 7.35. The molecular weight excluding hydrogens is 603 g/mol. The van der Waals surface area contributed by atoms with Gasteiger partial charge in [-0.15, -0.1) is 0 Å². The minimum Gasteiger partial charge on any atom is -0.495 e. The minimum absolute atomic E-state index is 0.272. The average Bonchev–Trinajstić information content (AvgIpc) is 2.90. The van der Waals surface area contributed by atoms with E-state index >= 15 is 0 Å². The molecule has 0 spiro atoms. The van der Waals surface area contributed by atoms with Crippen LogP contribution in [0.1, 0.15) is 5.56 Å². The first-order chi connectivity index (χ1) is 18.2. The van der Waals surface area contributed by atoms with Gasteiger partial charge in [0.2, 0.25) is 0 Å². The quantitative estimate of drug-likeness (QED) is 0.177. The van der Waals surface area contributed by atoms with Gasteiger partial charge in [-0.05, 0) is 64.0 Å². The number of amides is 3. The number of carbonyl (C=O) groups excluding carboxylic acids is 3. The van der Waals surface area contributed by atoms with Crippen LogP contribution in [0.15, 0.2) is 64.2 Å². The summed E-state index contributed by atoms with van der Waals surface area (Å²) in [4.78, 5) is 36.6. The summed E-state index contributed by atoms with van der Waals surface area (Å²) in [5, 5.41) is 9.59. The zero-order valence-corrected chi connectivity index (χ0v) is 23.1. The Hall–Kier alpha value is -3.80. The van der Waals surface area contributed by atoms with Crippen molar-refractivity contribution < 1.29 is 28.6 Å². The average molecular weight is 624 g/mol. The van der Waals surface area contributed by atoms with Gasteiger partial charge in [-0.25, -0.2) is 5.43 Å². The molecule has 0 aliphatic rings. The molecule has 38 heavy (non-hydrogen) atoms. The third-order valence-corrected chi connectivity index (χ3v) is 6.07. The molecule has 0 saturated heterocycles. The monoisotopic (exact) mass is 622 g/mol. The molecular formula is C25H21BrCl2N4O6. The number of hydrogen-bond donors (Lipinski definition) is 3. The number of rotatable bonds is 9. The summed E-state index contributed by atoms with van der Waals surface area (Å²) in [5.41, 5.74) is 3.46. The molecule has 3 rings (SSSR count). The van der Waals surface area contributed by atoms with E-state index in [1.807, 2.05) is 0 Å². The van der Waals surface area contributed by atoms with E-state index in [9.17, 15) is 14.4 Å². The second-order valence-corrected chi connectivity index (χ2v) is 9.02. The van der Waals surface area contributed by atoms with Crippen molar-refractivity contribution in [3.8, 4) is 17.2 Å². The van der Waals surface area contributed by atoms with E-state index in [0.717, 1.165) is 0 Å². The predicted molar refractivity (Wildman–Crippen MR) is 149 cm³/mol. The number of methoxy groups -OCH3 is 2. The van der Waals surface area contributed by atoms with Gasteiger partial charge in [-0.1, -0.05) is 35.3 Å². The Balaban J connectivity index is 1.59. The van der Waals surface area contributed by atoms with Crippen LogP contribution in [0.3, 0.4) is 0 Å². The molecule has 0 aliphatic carbocycles. The highest BCUT2D eigenvalue weighted by molar-refractivity contribution is 9.10. The Morgan fingerprint density at radius 1 is 0.921 bits per heavy atom. The van der Waals surface area contributed by atoms with E-state index in [4.69, 9.17) is 37.4 Å². The van der Waals surface area contributed by atoms with Crippen LogP contribution in [0.25, 0.3) is 0 Å². The highest BCUT2D eigenvalue weighted by atomic mass is 79.9. The third kappa shape index (κ3) is 7.85. The molecule has 0 fully saturated rings. The standard InChI is InChI=1S/C25H21BrCl2N4O6/c1-36-20-6-4-3-5-19(20)31-24(34)25(35)32-29-12-14-9-16(26)23(21(10-14)37-2)38-13-22(33)30-15-7-8-17(27)18(28)11-15/h3-12H,13H2,1-2H3,(H,30,33)(H,31,34)(H,32,35)/b29-12+. The van der Waals surface area contributed by atoms with Gasteiger partial charge in [0.05, 0.1) is 40.6 Å². The number of para-hydroxylation sites is 2. The SMILES string of the molecule is COc1ccccc1NC(=O)C(=O)N/N=C/c1cc(Br)c(OCC(=O)Nc2ccc(Cl)c(Cl)c2)c(OC)c1. The van der Waals surface area contributed by atoms with Crippen LogP contribution >= 0.6 is 39.1 Å². The number of halogens is 3. The lowest BCUT2D eigenvalue weighted by Crippen LogP contribution is -2.32. The Kier molecular flexibility index (Phi) is 10.3. The Labute approximate surface area is 236 Å². The number of anilines is 2. The van der Waals surface area contributed by atoms with E-state index in [0.29, 0.717) is 43.0 Å². The van der Waals surface area contributed by atoms with E-state index < -0.39 is 17.7 Å². The first-order valence-corrected chi connectivity index (χ1v) is 12.3. The zero-order chi connectivity index (χ0) is 27.7. The Bertz CT molecular complexity index is 1390. The lowest BCUT2D eigenvalue weighted by molar-refractivity contribution is -0.136. The summed E-state index contributed by atoms with van der Waals surface area (Å²) >= 11 is 15.2. The first kappa shape index (κ1) is 28.8. The molecule has 0 saturated carbocycles. The van der Waals surface area contributed by atoms with Crippen molar-refractivity contribution in [3.63, 3.8) is 0 Å². The fourth-order valence-electron chi connectivity index (χ4n) is 3.01. The highest BCUT2D eigenvalue weighted by Gasteiger charge is 2.16. The number of carbonyl (C=O) groups is 3. The van der Waals surface area contributed by atoms with Crippen LogP contribution in [-0.4, -0.2) is 44.8 Å². The molecule has 0 heterocycles. The smallest absolute Gasteiger partial charge is 0.329 e. The normalized spacial score (nSPS) is 10.6. The molecule has 3 N–H and O–H groups in total. The van der Waals surface area contributed by atoms with Crippen molar-refractivity contribution in [3.05, 3.63) is 74.7 Å². The van der Waals surface area contributed by atoms with Gasteiger partial charge in [-0.3, -0.25) is 14.4 Å². The molecule has 198 valence electrons. The zero-order valence-electron chi connectivity index (χ0n) is 20.0. The molecule has 3 aromatic rings.